The zero-order valence-corrected chi connectivity index (χ0v) is 10.2. The molecule has 0 aliphatic heterocycles. The fraction of sp³-hybridized carbons (Fsp3) is 0.357. The Labute approximate surface area is 101 Å². The van der Waals surface area contributed by atoms with Crippen LogP contribution in [-0.4, -0.2) is 15.6 Å². The molecule has 0 bridgehead atoms. The molecule has 0 amide bonds. The number of nitrogens with zero attached hydrogens (tertiary/aromatic N) is 1. The summed E-state index contributed by atoms with van der Waals surface area (Å²) in [6.45, 7) is 5.19. The topological polar surface area (TPSA) is 42.2 Å². The first-order chi connectivity index (χ1) is 8.11. The van der Waals surface area contributed by atoms with Gasteiger partial charge in [-0.3, -0.25) is 4.79 Å². The molecule has 0 aliphatic carbocycles. The van der Waals surface area contributed by atoms with Gasteiger partial charge in [-0.2, -0.15) is 0 Å². The van der Waals surface area contributed by atoms with Crippen molar-refractivity contribution >= 4 is 16.9 Å². The molecule has 0 aliphatic rings. The fourth-order valence-corrected chi connectivity index (χ4v) is 2.28. The Kier molecular flexibility index (Phi) is 3.18. The molecule has 2 aromatic rings. The van der Waals surface area contributed by atoms with E-state index in [1.165, 1.54) is 16.6 Å². The lowest BCUT2D eigenvalue weighted by molar-refractivity contribution is -0.136. The van der Waals surface area contributed by atoms with Crippen LogP contribution < -0.4 is 0 Å². The Bertz CT molecular complexity index is 555. The number of fused-ring (bicyclic) bond motifs is 1. The van der Waals surface area contributed by atoms with E-state index in [9.17, 15) is 4.79 Å². The summed E-state index contributed by atoms with van der Waals surface area (Å²) >= 11 is 0. The molecule has 1 N–H and O–H groups in total. The number of carbonyl (C=O) groups is 1. The molecule has 2 rings (SSSR count). The van der Waals surface area contributed by atoms with Crippen LogP contribution in [0.4, 0.5) is 0 Å². The van der Waals surface area contributed by atoms with Gasteiger partial charge in [-0.25, -0.2) is 0 Å². The van der Waals surface area contributed by atoms with Crippen molar-refractivity contribution in [2.75, 3.05) is 0 Å². The van der Waals surface area contributed by atoms with Crippen molar-refractivity contribution in [2.45, 2.75) is 33.2 Å². The van der Waals surface area contributed by atoms with E-state index in [2.05, 4.69) is 36.6 Å². The zero-order valence-electron chi connectivity index (χ0n) is 10.2. The summed E-state index contributed by atoms with van der Waals surface area (Å²) in [4.78, 5) is 10.5. The average Bonchev–Trinajstić information content (AvgIpc) is 2.60. The van der Waals surface area contributed by atoms with Crippen molar-refractivity contribution in [3.63, 3.8) is 0 Å². The first-order valence-electron chi connectivity index (χ1n) is 5.92. The van der Waals surface area contributed by atoms with Crippen LogP contribution in [0.15, 0.2) is 24.3 Å². The van der Waals surface area contributed by atoms with Gasteiger partial charge in [0.2, 0.25) is 0 Å². The van der Waals surface area contributed by atoms with Crippen molar-refractivity contribution in [1.29, 1.82) is 0 Å². The highest BCUT2D eigenvalue weighted by molar-refractivity contribution is 5.82. The lowest BCUT2D eigenvalue weighted by atomic mass is 10.1. The number of hydrogen-bond acceptors (Lipinski definition) is 1. The van der Waals surface area contributed by atoms with Crippen LogP contribution in [0, 0.1) is 6.92 Å². The molecule has 0 saturated heterocycles. The van der Waals surface area contributed by atoms with Crippen LogP contribution in [0.25, 0.3) is 10.9 Å². The minimum absolute atomic E-state index is 0.193. The monoisotopic (exact) mass is 231 g/mol. The van der Waals surface area contributed by atoms with Gasteiger partial charge in [-0.15, -0.1) is 0 Å². The van der Waals surface area contributed by atoms with E-state index in [0.717, 1.165) is 12.1 Å². The summed E-state index contributed by atoms with van der Waals surface area (Å²) < 4.78 is 2.26. The van der Waals surface area contributed by atoms with Crippen LogP contribution in [0.2, 0.25) is 0 Å². The highest BCUT2D eigenvalue weighted by Crippen LogP contribution is 2.21. The number of carboxylic acids is 1. The van der Waals surface area contributed by atoms with Crippen molar-refractivity contribution in [3.05, 3.63) is 35.5 Å². The van der Waals surface area contributed by atoms with Crippen LogP contribution >= 0.6 is 0 Å². The molecule has 3 heteroatoms. The lowest BCUT2D eigenvalue weighted by Crippen LogP contribution is -1.98. The standard InChI is InChI=1S/C14H17NO2/c1-3-15-10(2)8-12-9-11(4-6-13(12)15)5-7-14(16)17/h4,6,8-9H,3,5,7H2,1-2H3,(H,16,17). The second kappa shape index (κ2) is 4.62. The van der Waals surface area contributed by atoms with Crippen LogP contribution in [0.5, 0.6) is 0 Å². The molecule has 0 unspecified atom stereocenters. The van der Waals surface area contributed by atoms with Gasteiger partial charge in [0.05, 0.1) is 0 Å². The molecular weight excluding hydrogens is 214 g/mol. The number of aromatic nitrogens is 1. The first-order valence-corrected chi connectivity index (χ1v) is 5.92. The zero-order chi connectivity index (χ0) is 12.4. The van der Waals surface area contributed by atoms with Gasteiger partial charge in [-0.1, -0.05) is 6.07 Å². The van der Waals surface area contributed by atoms with Crippen LogP contribution in [-0.2, 0) is 17.8 Å². The molecule has 17 heavy (non-hydrogen) atoms. The van der Waals surface area contributed by atoms with E-state index in [-0.39, 0.29) is 6.42 Å². The Morgan fingerprint density at radius 2 is 2.12 bits per heavy atom. The summed E-state index contributed by atoms with van der Waals surface area (Å²) in [5, 5.41) is 9.87. The highest BCUT2D eigenvalue weighted by atomic mass is 16.4. The second-order valence-corrected chi connectivity index (χ2v) is 4.32. The Morgan fingerprint density at radius 1 is 1.35 bits per heavy atom. The van der Waals surface area contributed by atoms with Gasteiger partial charge in [-0.05, 0) is 44.0 Å². The minimum atomic E-state index is -0.743. The molecule has 0 saturated carbocycles. The predicted molar refractivity (Wildman–Crippen MR) is 68.3 cm³/mol. The van der Waals surface area contributed by atoms with Gasteiger partial charge >= 0.3 is 5.97 Å². The number of hydrogen-bond donors (Lipinski definition) is 1. The van der Waals surface area contributed by atoms with Gasteiger partial charge in [0.25, 0.3) is 0 Å². The maximum absolute atomic E-state index is 10.5. The third kappa shape index (κ3) is 2.33. The third-order valence-corrected chi connectivity index (χ3v) is 3.12. The van der Waals surface area contributed by atoms with Gasteiger partial charge < -0.3 is 9.67 Å². The third-order valence-electron chi connectivity index (χ3n) is 3.12. The summed E-state index contributed by atoms with van der Waals surface area (Å²) in [6, 6.07) is 8.36. The SMILES string of the molecule is CCn1c(C)cc2cc(CCC(=O)O)ccc21. The molecule has 0 spiro atoms. The van der Waals surface area contributed by atoms with E-state index in [1.54, 1.807) is 0 Å². The number of rotatable bonds is 4. The van der Waals surface area contributed by atoms with Crippen LogP contribution in [0.1, 0.15) is 24.6 Å². The van der Waals surface area contributed by atoms with E-state index >= 15 is 0 Å². The molecule has 0 fully saturated rings. The molecule has 3 nitrogen and oxygen atoms in total. The summed E-state index contributed by atoms with van der Waals surface area (Å²) in [5.41, 5.74) is 3.56. The fourth-order valence-electron chi connectivity index (χ4n) is 2.28. The minimum Gasteiger partial charge on any atom is -0.481 e. The molecule has 0 radical (unpaired) electrons. The number of carboxylic acid groups (broad SMARTS) is 1. The number of aliphatic carboxylic acids is 1. The van der Waals surface area contributed by atoms with Crippen molar-refractivity contribution in [3.8, 4) is 0 Å². The van der Waals surface area contributed by atoms with Gasteiger partial charge in [0.1, 0.15) is 0 Å². The van der Waals surface area contributed by atoms with Gasteiger partial charge in [0.15, 0.2) is 0 Å². The maximum atomic E-state index is 10.5. The summed E-state index contributed by atoms with van der Waals surface area (Å²) in [5.74, 6) is -0.743. The molecule has 90 valence electrons. The number of aryl methyl sites for hydroxylation is 3. The molecule has 1 heterocycles. The predicted octanol–water partition coefficient (Wildman–Crippen LogP) is 2.99. The Hall–Kier alpha value is -1.77. The van der Waals surface area contributed by atoms with E-state index < -0.39 is 5.97 Å². The van der Waals surface area contributed by atoms with E-state index in [1.807, 2.05) is 6.07 Å². The largest absolute Gasteiger partial charge is 0.481 e. The van der Waals surface area contributed by atoms with Crippen molar-refractivity contribution in [1.82, 2.24) is 4.57 Å². The average molecular weight is 231 g/mol. The van der Waals surface area contributed by atoms with Crippen molar-refractivity contribution in [2.24, 2.45) is 0 Å². The maximum Gasteiger partial charge on any atom is 0.303 e. The van der Waals surface area contributed by atoms with Gasteiger partial charge in [0, 0.05) is 29.6 Å². The smallest absolute Gasteiger partial charge is 0.303 e. The van der Waals surface area contributed by atoms with E-state index in [0.29, 0.717) is 6.42 Å². The second-order valence-electron chi connectivity index (χ2n) is 4.32. The number of benzene rings is 1. The normalized spacial score (nSPS) is 10.9. The lowest BCUT2D eigenvalue weighted by Gasteiger charge is -2.04. The Morgan fingerprint density at radius 3 is 2.76 bits per heavy atom. The molecule has 1 aromatic heterocycles. The first kappa shape index (κ1) is 11.7. The molecule has 1 aromatic carbocycles. The van der Waals surface area contributed by atoms with Crippen LogP contribution in [0.3, 0.4) is 0 Å². The highest BCUT2D eigenvalue weighted by Gasteiger charge is 2.05. The summed E-state index contributed by atoms with van der Waals surface area (Å²) in [6.07, 6.45) is 0.792. The van der Waals surface area contributed by atoms with Crippen molar-refractivity contribution < 1.29 is 9.90 Å². The quantitative estimate of drug-likeness (QED) is 0.879. The molecular formula is C14H17NO2. The summed E-state index contributed by atoms with van der Waals surface area (Å²) in [7, 11) is 0. The Balaban J connectivity index is 2.35. The molecule has 0 atom stereocenters. The van der Waals surface area contributed by atoms with E-state index in [4.69, 9.17) is 5.11 Å².